The zero-order valence-electron chi connectivity index (χ0n) is 10.2. The zero-order chi connectivity index (χ0) is 16.3. The Bertz CT molecular complexity index is 453. The van der Waals surface area contributed by atoms with Gasteiger partial charge >= 0.3 is 18.0 Å². The predicted octanol–water partition coefficient (Wildman–Crippen LogP) is 4.12. The Morgan fingerprint density at radius 1 is 0.952 bits per heavy atom. The van der Waals surface area contributed by atoms with Gasteiger partial charge in [-0.15, -0.1) is 0 Å². The van der Waals surface area contributed by atoms with Gasteiger partial charge in [-0.3, -0.25) is 4.79 Å². The second-order valence-corrected chi connectivity index (χ2v) is 4.13. The van der Waals surface area contributed by atoms with Crippen LogP contribution in [0.5, 0.6) is 0 Å². The molecule has 0 bridgehead atoms. The summed E-state index contributed by atoms with van der Waals surface area (Å²) in [7, 11) is 0. The second-order valence-electron chi connectivity index (χ2n) is 4.13. The van der Waals surface area contributed by atoms with E-state index in [1.165, 1.54) is 18.2 Å². The van der Waals surface area contributed by atoms with Crippen LogP contribution in [0.25, 0.3) is 0 Å². The summed E-state index contributed by atoms with van der Waals surface area (Å²) in [4.78, 5) is 10.3. The number of carbonyl (C=O) groups is 1. The first-order chi connectivity index (χ1) is 9.53. The first-order valence-electron chi connectivity index (χ1n) is 5.49. The maximum absolute atomic E-state index is 13.6. The molecule has 0 saturated heterocycles. The SMILES string of the molecule is O=COC(CC(F)(C(F)(F)F)C(F)(F)F)c1ccccc1. The van der Waals surface area contributed by atoms with E-state index in [1.807, 2.05) is 0 Å². The minimum atomic E-state index is -6.19. The molecule has 118 valence electrons. The zero-order valence-corrected chi connectivity index (χ0v) is 10.2. The highest BCUT2D eigenvalue weighted by Gasteiger charge is 2.73. The predicted molar refractivity (Wildman–Crippen MR) is 56.9 cm³/mol. The molecule has 0 amide bonds. The van der Waals surface area contributed by atoms with Crippen molar-refractivity contribution in [1.29, 1.82) is 0 Å². The van der Waals surface area contributed by atoms with Gasteiger partial charge < -0.3 is 4.74 Å². The van der Waals surface area contributed by atoms with Gasteiger partial charge in [0.2, 0.25) is 0 Å². The van der Waals surface area contributed by atoms with E-state index in [0.29, 0.717) is 0 Å². The van der Waals surface area contributed by atoms with E-state index < -0.39 is 30.5 Å². The van der Waals surface area contributed by atoms with Crippen LogP contribution in [0.3, 0.4) is 0 Å². The van der Waals surface area contributed by atoms with E-state index >= 15 is 0 Å². The summed E-state index contributed by atoms with van der Waals surface area (Å²) in [6.45, 7) is -0.329. The lowest BCUT2D eigenvalue weighted by Gasteiger charge is -2.32. The molecule has 1 aromatic rings. The van der Waals surface area contributed by atoms with Crippen LogP contribution in [0.1, 0.15) is 18.1 Å². The minimum absolute atomic E-state index is 0.180. The highest BCUT2D eigenvalue weighted by Crippen LogP contribution is 2.51. The highest BCUT2D eigenvalue weighted by molar-refractivity contribution is 5.38. The molecule has 2 nitrogen and oxygen atoms in total. The molecule has 1 rings (SSSR count). The highest BCUT2D eigenvalue weighted by atomic mass is 19.4. The van der Waals surface area contributed by atoms with Crippen molar-refractivity contribution in [3.05, 3.63) is 35.9 Å². The van der Waals surface area contributed by atoms with Crippen molar-refractivity contribution in [3.8, 4) is 0 Å². The molecular weight excluding hydrogens is 309 g/mol. The van der Waals surface area contributed by atoms with Gasteiger partial charge in [0.1, 0.15) is 6.10 Å². The van der Waals surface area contributed by atoms with E-state index in [-0.39, 0.29) is 12.0 Å². The molecule has 0 aliphatic carbocycles. The van der Waals surface area contributed by atoms with Gasteiger partial charge in [-0.25, -0.2) is 4.39 Å². The van der Waals surface area contributed by atoms with Crippen molar-refractivity contribution in [1.82, 2.24) is 0 Å². The molecule has 0 N–H and O–H groups in total. The van der Waals surface area contributed by atoms with Crippen LogP contribution in [-0.2, 0) is 9.53 Å². The molecule has 9 heteroatoms. The maximum Gasteiger partial charge on any atom is 0.431 e. The van der Waals surface area contributed by atoms with E-state index in [1.54, 1.807) is 0 Å². The third kappa shape index (κ3) is 3.64. The van der Waals surface area contributed by atoms with Gasteiger partial charge in [-0.2, -0.15) is 26.3 Å². The maximum atomic E-state index is 13.6. The van der Waals surface area contributed by atoms with Crippen LogP contribution in [-0.4, -0.2) is 24.5 Å². The summed E-state index contributed by atoms with van der Waals surface area (Å²) >= 11 is 0. The van der Waals surface area contributed by atoms with Gasteiger partial charge in [0.15, 0.2) is 0 Å². The summed E-state index contributed by atoms with van der Waals surface area (Å²) in [6, 6.07) is 6.30. The lowest BCUT2D eigenvalue weighted by molar-refractivity contribution is -0.347. The summed E-state index contributed by atoms with van der Waals surface area (Å²) in [6.07, 6.45) is -16.5. The number of ether oxygens (including phenoxy) is 1. The molecule has 0 aromatic heterocycles. The molecule has 0 saturated carbocycles. The van der Waals surface area contributed by atoms with Crippen LogP contribution in [0.4, 0.5) is 30.7 Å². The Balaban J connectivity index is 3.19. The molecule has 0 aliphatic heterocycles. The molecule has 1 unspecified atom stereocenters. The molecule has 0 radical (unpaired) electrons. The van der Waals surface area contributed by atoms with E-state index in [0.717, 1.165) is 12.1 Å². The van der Waals surface area contributed by atoms with Crippen molar-refractivity contribution in [2.45, 2.75) is 30.5 Å². The van der Waals surface area contributed by atoms with Gasteiger partial charge in [0, 0.05) is 6.42 Å². The first kappa shape index (κ1) is 17.3. The lowest BCUT2D eigenvalue weighted by atomic mass is 9.93. The fourth-order valence-electron chi connectivity index (χ4n) is 1.63. The summed E-state index contributed by atoms with van der Waals surface area (Å²) in [5.41, 5.74) is -5.66. The van der Waals surface area contributed by atoms with Crippen molar-refractivity contribution in [3.63, 3.8) is 0 Å². The number of alkyl halides is 7. The molecule has 1 atom stereocenters. The summed E-state index contributed by atoms with van der Waals surface area (Å²) in [5, 5.41) is 0. The number of halogens is 7. The molecule has 0 heterocycles. The topological polar surface area (TPSA) is 26.3 Å². The van der Waals surface area contributed by atoms with Crippen LogP contribution in [0.2, 0.25) is 0 Å². The third-order valence-electron chi connectivity index (χ3n) is 2.76. The molecule has 0 aliphatic rings. The van der Waals surface area contributed by atoms with Crippen molar-refractivity contribution < 1.29 is 40.3 Å². The fraction of sp³-hybridized carbons (Fsp3) is 0.417. The van der Waals surface area contributed by atoms with Crippen LogP contribution >= 0.6 is 0 Å². The average Bonchev–Trinajstić information content (AvgIpc) is 2.36. The first-order valence-corrected chi connectivity index (χ1v) is 5.49. The van der Waals surface area contributed by atoms with E-state index in [2.05, 4.69) is 4.74 Å². The number of rotatable bonds is 5. The largest absolute Gasteiger partial charge is 0.460 e. The number of carbonyl (C=O) groups excluding carboxylic acids is 1. The molecule has 0 fully saturated rings. The number of hydrogen-bond donors (Lipinski definition) is 0. The Morgan fingerprint density at radius 3 is 1.81 bits per heavy atom. The second kappa shape index (κ2) is 5.90. The molecule has 21 heavy (non-hydrogen) atoms. The minimum Gasteiger partial charge on any atom is -0.460 e. The van der Waals surface area contributed by atoms with Gasteiger partial charge in [-0.1, -0.05) is 30.3 Å². The smallest absolute Gasteiger partial charge is 0.431 e. The van der Waals surface area contributed by atoms with Crippen LogP contribution in [0, 0.1) is 0 Å². The lowest BCUT2D eigenvalue weighted by Crippen LogP contribution is -2.54. The Labute approximate surface area is 114 Å². The van der Waals surface area contributed by atoms with Gasteiger partial charge in [-0.05, 0) is 5.56 Å². The number of benzene rings is 1. The normalized spacial score (nSPS) is 14.6. The van der Waals surface area contributed by atoms with Crippen molar-refractivity contribution in [2.24, 2.45) is 0 Å². The summed E-state index contributed by atoms with van der Waals surface area (Å²) in [5.74, 6) is 0. The van der Waals surface area contributed by atoms with Gasteiger partial charge in [0.25, 0.3) is 6.47 Å². The monoisotopic (exact) mass is 318 g/mol. The van der Waals surface area contributed by atoms with Crippen molar-refractivity contribution in [2.75, 3.05) is 0 Å². The number of hydrogen-bond acceptors (Lipinski definition) is 2. The Hall–Kier alpha value is -1.80. The standard InChI is InChI=1S/C12H9F7O2/c13-10(11(14,15)16,12(17,18)19)6-9(21-7-20)8-4-2-1-3-5-8/h1-5,7,9H,6H2. The van der Waals surface area contributed by atoms with Crippen molar-refractivity contribution >= 4 is 6.47 Å². The quantitative estimate of drug-likeness (QED) is 0.603. The molecule has 1 aromatic carbocycles. The van der Waals surface area contributed by atoms with E-state index in [9.17, 15) is 35.5 Å². The Kier molecular flexibility index (Phi) is 4.85. The summed E-state index contributed by atoms with van der Waals surface area (Å²) < 4.78 is 92.7. The van der Waals surface area contributed by atoms with Crippen LogP contribution < -0.4 is 0 Å². The molecular formula is C12H9F7O2. The van der Waals surface area contributed by atoms with Gasteiger partial charge in [0.05, 0.1) is 0 Å². The Morgan fingerprint density at radius 2 is 1.43 bits per heavy atom. The van der Waals surface area contributed by atoms with E-state index in [4.69, 9.17) is 0 Å². The molecule has 0 spiro atoms. The average molecular weight is 318 g/mol. The fourth-order valence-corrected chi connectivity index (χ4v) is 1.63. The third-order valence-corrected chi connectivity index (χ3v) is 2.76. The van der Waals surface area contributed by atoms with Crippen LogP contribution in [0.15, 0.2) is 30.3 Å².